The molecule has 1 N–H and O–H groups in total. The van der Waals surface area contributed by atoms with Crippen LogP contribution < -0.4 is 4.90 Å². The normalized spacial score (nSPS) is 29.9. The molecule has 19 heavy (non-hydrogen) atoms. The minimum absolute atomic E-state index is 0.255. The number of aliphatic hydroxyl groups is 1. The van der Waals surface area contributed by atoms with Crippen molar-refractivity contribution in [3.8, 4) is 0 Å². The van der Waals surface area contributed by atoms with Gasteiger partial charge in [-0.05, 0) is 25.5 Å². The van der Waals surface area contributed by atoms with Crippen molar-refractivity contribution in [1.29, 1.82) is 0 Å². The molecule has 2 aliphatic rings. The standard InChI is InChI=1S/C14H17NO3S/c1-8-12(5-6-18-8)19-9-3-4-10-11(7-9)15(2)14(17)13(10)16/h3-4,7-8,12-13,16H,5-6H2,1-2H3. The van der Waals surface area contributed by atoms with Gasteiger partial charge in [-0.2, -0.15) is 0 Å². The van der Waals surface area contributed by atoms with E-state index < -0.39 is 6.10 Å². The fraction of sp³-hybridized carbons (Fsp3) is 0.500. The third kappa shape index (κ3) is 2.16. The van der Waals surface area contributed by atoms with E-state index in [1.807, 2.05) is 18.2 Å². The Kier molecular flexibility index (Phi) is 3.28. The molecule has 0 bridgehead atoms. The maximum Gasteiger partial charge on any atom is 0.260 e. The first-order valence-corrected chi connectivity index (χ1v) is 7.33. The summed E-state index contributed by atoms with van der Waals surface area (Å²) >= 11 is 1.79. The van der Waals surface area contributed by atoms with Gasteiger partial charge in [0.15, 0.2) is 6.10 Å². The van der Waals surface area contributed by atoms with Crippen LogP contribution in [0.2, 0.25) is 0 Å². The molecule has 2 heterocycles. The molecule has 1 aromatic carbocycles. The van der Waals surface area contributed by atoms with Crippen LogP contribution >= 0.6 is 11.8 Å². The lowest BCUT2D eigenvalue weighted by molar-refractivity contribution is -0.125. The second-order valence-corrected chi connectivity index (χ2v) is 6.35. The Labute approximate surface area is 116 Å². The number of rotatable bonds is 2. The maximum absolute atomic E-state index is 11.7. The summed E-state index contributed by atoms with van der Waals surface area (Å²) in [7, 11) is 1.70. The monoisotopic (exact) mass is 279 g/mol. The fourth-order valence-electron chi connectivity index (χ4n) is 2.60. The van der Waals surface area contributed by atoms with E-state index in [-0.39, 0.29) is 12.0 Å². The van der Waals surface area contributed by atoms with Crippen molar-refractivity contribution in [2.75, 3.05) is 18.6 Å². The highest BCUT2D eigenvalue weighted by Gasteiger charge is 2.34. The molecular weight excluding hydrogens is 262 g/mol. The summed E-state index contributed by atoms with van der Waals surface area (Å²) in [6.07, 6.45) is 0.316. The van der Waals surface area contributed by atoms with Crippen LogP contribution in [0.5, 0.6) is 0 Å². The summed E-state index contributed by atoms with van der Waals surface area (Å²) in [5.41, 5.74) is 1.52. The number of carbonyl (C=O) groups is 1. The molecule has 102 valence electrons. The van der Waals surface area contributed by atoms with E-state index in [4.69, 9.17) is 4.74 Å². The number of ether oxygens (including phenoxy) is 1. The Hall–Kier alpha value is -1.04. The molecule has 3 unspecified atom stereocenters. The van der Waals surface area contributed by atoms with Crippen molar-refractivity contribution < 1.29 is 14.6 Å². The molecule has 1 saturated heterocycles. The molecule has 0 radical (unpaired) electrons. The van der Waals surface area contributed by atoms with Gasteiger partial charge in [-0.15, -0.1) is 11.8 Å². The van der Waals surface area contributed by atoms with Gasteiger partial charge in [-0.3, -0.25) is 4.79 Å². The Morgan fingerprint density at radius 2 is 2.26 bits per heavy atom. The van der Waals surface area contributed by atoms with Crippen molar-refractivity contribution in [2.45, 2.75) is 35.7 Å². The molecule has 0 spiro atoms. The number of hydrogen-bond acceptors (Lipinski definition) is 4. The number of aliphatic hydroxyl groups excluding tert-OH is 1. The lowest BCUT2D eigenvalue weighted by atomic mass is 10.1. The van der Waals surface area contributed by atoms with E-state index in [0.717, 1.165) is 23.6 Å². The van der Waals surface area contributed by atoms with Gasteiger partial charge in [0.1, 0.15) is 0 Å². The first-order chi connectivity index (χ1) is 9.08. The number of likely N-dealkylation sites (N-methyl/N-ethyl adjacent to an activating group) is 1. The molecule has 3 rings (SSSR count). The number of hydrogen-bond donors (Lipinski definition) is 1. The third-order valence-electron chi connectivity index (χ3n) is 3.82. The summed E-state index contributed by atoms with van der Waals surface area (Å²) in [6.45, 7) is 2.91. The van der Waals surface area contributed by atoms with Crippen LogP contribution in [-0.2, 0) is 9.53 Å². The number of thioether (sulfide) groups is 1. The highest BCUT2D eigenvalue weighted by atomic mass is 32.2. The van der Waals surface area contributed by atoms with Crippen molar-refractivity contribution in [2.24, 2.45) is 0 Å². The Bertz CT molecular complexity index is 519. The number of benzene rings is 1. The van der Waals surface area contributed by atoms with Crippen molar-refractivity contribution in [3.63, 3.8) is 0 Å². The minimum atomic E-state index is -1.01. The van der Waals surface area contributed by atoms with Crippen LogP contribution in [-0.4, -0.2) is 36.0 Å². The first kappa shape index (κ1) is 13.0. The summed E-state index contributed by atoms with van der Waals surface area (Å²) in [5.74, 6) is -0.255. The Morgan fingerprint density at radius 1 is 1.47 bits per heavy atom. The molecule has 0 aliphatic carbocycles. The summed E-state index contributed by atoms with van der Waals surface area (Å²) in [4.78, 5) is 14.4. The molecule has 0 saturated carbocycles. The Balaban J connectivity index is 1.84. The average molecular weight is 279 g/mol. The minimum Gasteiger partial charge on any atom is -0.378 e. The van der Waals surface area contributed by atoms with Gasteiger partial charge < -0.3 is 14.7 Å². The largest absolute Gasteiger partial charge is 0.378 e. The number of fused-ring (bicyclic) bond motifs is 1. The van der Waals surface area contributed by atoms with Crippen LogP contribution in [0.1, 0.15) is 25.0 Å². The molecule has 5 heteroatoms. The fourth-order valence-corrected chi connectivity index (χ4v) is 3.76. The second-order valence-electron chi connectivity index (χ2n) is 5.04. The van der Waals surface area contributed by atoms with E-state index in [2.05, 4.69) is 6.92 Å². The lowest BCUT2D eigenvalue weighted by Gasteiger charge is -2.15. The smallest absolute Gasteiger partial charge is 0.260 e. The van der Waals surface area contributed by atoms with Crippen molar-refractivity contribution in [3.05, 3.63) is 23.8 Å². The van der Waals surface area contributed by atoms with Crippen LogP contribution in [0.25, 0.3) is 0 Å². The molecule has 2 aliphatic heterocycles. The lowest BCUT2D eigenvalue weighted by Crippen LogP contribution is -2.23. The van der Waals surface area contributed by atoms with Crippen LogP contribution in [0.3, 0.4) is 0 Å². The van der Waals surface area contributed by atoms with Gasteiger partial charge in [0.25, 0.3) is 5.91 Å². The zero-order chi connectivity index (χ0) is 13.6. The zero-order valence-corrected chi connectivity index (χ0v) is 11.8. The highest BCUT2D eigenvalue weighted by molar-refractivity contribution is 8.00. The van der Waals surface area contributed by atoms with Gasteiger partial charge in [0.2, 0.25) is 0 Å². The maximum atomic E-state index is 11.7. The van der Waals surface area contributed by atoms with Gasteiger partial charge in [-0.1, -0.05) is 6.07 Å². The SMILES string of the molecule is CC1OCCC1Sc1ccc2c(c1)N(C)C(=O)C2O. The summed E-state index contributed by atoms with van der Waals surface area (Å²) < 4.78 is 5.56. The molecule has 1 fully saturated rings. The predicted octanol–water partition coefficient (Wildman–Crippen LogP) is 1.97. The Morgan fingerprint density at radius 3 is 2.95 bits per heavy atom. The van der Waals surface area contributed by atoms with E-state index in [9.17, 15) is 9.90 Å². The molecule has 1 aromatic rings. The van der Waals surface area contributed by atoms with Gasteiger partial charge >= 0.3 is 0 Å². The van der Waals surface area contributed by atoms with Crippen LogP contribution in [0.4, 0.5) is 5.69 Å². The van der Waals surface area contributed by atoms with E-state index >= 15 is 0 Å². The average Bonchev–Trinajstić information content (AvgIpc) is 2.89. The van der Waals surface area contributed by atoms with Crippen molar-refractivity contribution in [1.82, 2.24) is 0 Å². The number of anilines is 1. The summed E-state index contributed by atoms with van der Waals surface area (Å²) in [5, 5.41) is 10.3. The molecule has 4 nitrogen and oxygen atoms in total. The van der Waals surface area contributed by atoms with Crippen LogP contribution in [0.15, 0.2) is 23.1 Å². The quantitative estimate of drug-likeness (QED) is 0.899. The van der Waals surface area contributed by atoms with Crippen molar-refractivity contribution >= 4 is 23.4 Å². The van der Waals surface area contributed by atoms with Crippen LogP contribution in [0, 0.1) is 0 Å². The molecular formula is C14H17NO3S. The highest BCUT2D eigenvalue weighted by Crippen LogP contribution is 2.40. The van der Waals surface area contributed by atoms with Gasteiger partial charge in [0, 0.05) is 29.4 Å². The van der Waals surface area contributed by atoms with E-state index in [1.54, 1.807) is 18.8 Å². The zero-order valence-electron chi connectivity index (χ0n) is 11.0. The molecule has 3 atom stereocenters. The second kappa shape index (κ2) is 4.81. The summed E-state index contributed by atoms with van der Waals surface area (Å²) in [6, 6.07) is 5.81. The van der Waals surface area contributed by atoms with Gasteiger partial charge in [0.05, 0.1) is 11.8 Å². The topological polar surface area (TPSA) is 49.8 Å². The molecule has 0 aromatic heterocycles. The van der Waals surface area contributed by atoms with E-state index in [0.29, 0.717) is 10.8 Å². The number of carbonyl (C=O) groups excluding carboxylic acids is 1. The third-order valence-corrected chi connectivity index (χ3v) is 5.26. The number of amides is 1. The number of nitrogens with zero attached hydrogens (tertiary/aromatic N) is 1. The first-order valence-electron chi connectivity index (χ1n) is 6.46. The van der Waals surface area contributed by atoms with Gasteiger partial charge in [-0.25, -0.2) is 0 Å². The predicted molar refractivity (Wildman–Crippen MR) is 74.5 cm³/mol. The van der Waals surface area contributed by atoms with E-state index in [1.165, 1.54) is 4.90 Å². The molecule has 1 amide bonds.